The van der Waals surface area contributed by atoms with Crippen LogP contribution in [0.4, 0.5) is 9.39 Å². The van der Waals surface area contributed by atoms with Gasteiger partial charge in [-0.15, -0.1) is 21.5 Å². The highest BCUT2D eigenvalue weighted by Crippen LogP contribution is 2.45. The molecule has 35 heavy (non-hydrogen) atoms. The molecular formula is C26H30FN5OS2. The zero-order chi connectivity index (χ0) is 25.2. The number of carbonyl (C=O) groups excluding carboxylic acids is 1. The van der Waals surface area contributed by atoms with Gasteiger partial charge in [-0.05, 0) is 67.3 Å². The van der Waals surface area contributed by atoms with E-state index in [4.69, 9.17) is 0 Å². The van der Waals surface area contributed by atoms with E-state index in [1.165, 1.54) is 28.8 Å². The van der Waals surface area contributed by atoms with E-state index in [-0.39, 0.29) is 22.9 Å². The van der Waals surface area contributed by atoms with Crippen molar-refractivity contribution in [3.63, 3.8) is 0 Å². The lowest BCUT2D eigenvalue weighted by atomic mass is 9.69. The Bertz CT molecular complexity index is 1260. The van der Waals surface area contributed by atoms with Crippen molar-refractivity contribution in [2.75, 3.05) is 11.1 Å². The van der Waals surface area contributed by atoms with Crippen molar-refractivity contribution >= 4 is 34.0 Å². The number of nitrogens with zero attached hydrogens (tertiary/aromatic N) is 4. The summed E-state index contributed by atoms with van der Waals surface area (Å²) in [6.45, 7) is 9.46. The van der Waals surface area contributed by atoms with Gasteiger partial charge < -0.3 is 9.88 Å². The van der Waals surface area contributed by atoms with Crippen LogP contribution in [-0.4, -0.2) is 26.4 Å². The summed E-state index contributed by atoms with van der Waals surface area (Å²) in [4.78, 5) is 14.1. The van der Waals surface area contributed by atoms with Gasteiger partial charge in [-0.1, -0.05) is 39.0 Å². The minimum Gasteiger partial charge on any atom is -0.316 e. The molecule has 0 radical (unpaired) electrons. The quantitative estimate of drug-likeness (QED) is 0.358. The average Bonchev–Trinajstić information content (AvgIpc) is 3.42. The molecule has 6 nitrogen and oxygen atoms in total. The van der Waals surface area contributed by atoms with Crippen molar-refractivity contribution in [1.29, 1.82) is 5.26 Å². The van der Waals surface area contributed by atoms with Gasteiger partial charge in [-0.25, -0.2) is 4.39 Å². The summed E-state index contributed by atoms with van der Waals surface area (Å²) in [7, 11) is 0. The molecule has 1 unspecified atom stereocenters. The second-order valence-electron chi connectivity index (χ2n) is 9.50. The van der Waals surface area contributed by atoms with Gasteiger partial charge in [-0.2, -0.15) is 5.26 Å². The topological polar surface area (TPSA) is 83.6 Å². The molecule has 0 aliphatic heterocycles. The van der Waals surface area contributed by atoms with E-state index in [0.717, 1.165) is 36.8 Å². The van der Waals surface area contributed by atoms with Crippen molar-refractivity contribution in [2.24, 2.45) is 11.3 Å². The van der Waals surface area contributed by atoms with Crippen LogP contribution in [0.5, 0.6) is 0 Å². The number of halogens is 1. The number of aromatic nitrogens is 3. The highest BCUT2D eigenvalue weighted by molar-refractivity contribution is 7.99. The Morgan fingerprint density at radius 3 is 2.71 bits per heavy atom. The first-order chi connectivity index (χ1) is 16.8. The number of thioether (sulfide) groups is 1. The Balaban J connectivity index is 1.45. The number of amides is 1. The van der Waals surface area contributed by atoms with E-state index in [0.29, 0.717) is 34.0 Å². The first-order valence-electron chi connectivity index (χ1n) is 11.9. The summed E-state index contributed by atoms with van der Waals surface area (Å²) in [5.41, 5.74) is 2.76. The van der Waals surface area contributed by atoms with Gasteiger partial charge in [0.2, 0.25) is 5.91 Å². The van der Waals surface area contributed by atoms with E-state index in [9.17, 15) is 14.4 Å². The third kappa shape index (κ3) is 5.29. The molecule has 2 heterocycles. The summed E-state index contributed by atoms with van der Waals surface area (Å²) >= 11 is 2.85. The highest BCUT2D eigenvalue weighted by atomic mass is 32.2. The van der Waals surface area contributed by atoms with Gasteiger partial charge in [0.1, 0.15) is 16.9 Å². The second-order valence-corrected chi connectivity index (χ2v) is 11.5. The molecule has 2 aromatic heterocycles. The summed E-state index contributed by atoms with van der Waals surface area (Å²) in [5, 5.41) is 22.6. The number of nitrogens with one attached hydrogen (secondary N) is 1. The van der Waals surface area contributed by atoms with Crippen LogP contribution in [0.1, 0.15) is 56.5 Å². The van der Waals surface area contributed by atoms with E-state index in [1.54, 1.807) is 23.5 Å². The number of nitriles is 1. The Morgan fingerprint density at radius 1 is 1.31 bits per heavy atom. The van der Waals surface area contributed by atoms with Crippen LogP contribution < -0.4 is 5.32 Å². The SMILES string of the molecule is CCn1c(SCC(=O)Nc2sc3c(c2C#N)CCC(C(C)(C)CC)C3)nnc1-c1ccc(F)cc1. The van der Waals surface area contributed by atoms with Crippen LogP contribution in [0.3, 0.4) is 0 Å². The Hall–Kier alpha value is -2.70. The number of fused-ring (bicyclic) bond motifs is 1. The van der Waals surface area contributed by atoms with Crippen molar-refractivity contribution < 1.29 is 9.18 Å². The van der Waals surface area contributed by atoms with E-state index < -0.39 is 0 Å². The third-order valence-electron chi connectivity index (χ3n) is 7.11. The number of thiophene rings is 1. The molecule has 0 saturated heterocycles. The van der Waals surface area contributed by atoms with Crippen molar-refractivity contribution in [1.82, 2.24) is 14.8 Å². The fourth-order valence-electron chi connectivity index (χ4n) is 4.53. The maximum atomic E-state index is 13.3. The van der Waals surface area contributed by atoms with Crippen LogP contribution in [0.25, 0.3) is 11.4 Å². The first-order valence-corrected chi connectivity index (χ1v) is 13.7. The molecule has 1 aliphatic carbocycles. The van der Waals surface area contributed by atoms with Gasteiger partial charge >= 0.3 is 0 Å². The number of hydrogen-bond acceptors (Lipinski definition) is 6. The van der Waals surface area contributed by atoms with Gasteiger partial charge in [0.25, 0.3) is 0 Å². The molecule has 4 rings (SSSR count). The first kappa shape index (κ1) is 25.4. The number of carbonyl (C=O) groups is 1. The third-order valence-corrected chi connectivity index (χ3v) is 9.25. The van der Waals surface area contributed by atoms with Crippen LogP contribution in [0.15, 0.2) is 29.4 Å². The number of anilines is 1. The van der Waals surface area contributed by atoms with Crippen LogP contribution in [-0.2, 0) is 24.2 Å². The number of hydrogen-bond donors (Lipinski definition) is 1. The summed E-state index contributed by atoms with van der Waals surface area (Å²) < 4.78 is 15.2. The second kappa shape index (κ2) is 10.5. The van der Waals surface area contributed by atoms with Gasteiger partial charge in [0.05, 0.1) is 11.3 Å². The number of rotatable bonds is 8. The van der Waals surface area contributed by atoms with E-state index >= 15 is 0 Å². The predicted octanol–water partition coefficient (Wildman–Crippen LogP) is 6.31. The van der Waals surface area contributed by atoms with Crippen LogP contribution >= 0.6 is 23.1 Å². The van der Waals surface area contributed by atoms with Crippen LogP contribution in [0, 0.1) is 28.5 Å². The van der Waals surface area contributed by atoms with Gasteiger partial charge in [0, 0.05) is 17.0 Å². The molecule has 3 aromatic rings. The molecule has 0 spiro atoms. The Labute approximate surface area is 214 Å². The minimum atomic E-state index is -0.306. The summed E-state index contributed by atoms with van der Waals surface area (Å²) in [6, 6.07) is 8.45. The summed E-state index contributed by atoms with van der Waals surface area (Å²) in [6.07, 6.45) is 4.05. The standard InChI is InChI=1S/C26H30FN5OS2/c1-5-26(3,4)17-9-12-19-20(14-28)24(35-21(19)13-17)29-22(33)15-34-25-31-30-23(32(25)6-2)16-7-10-18(27)11-8-16/h7-8,10-11,17H,5-6,9,12-13,15H2,1-4H3,(H,29,33). The van der Waals surface area contributed by atoms with Gasteiger partial charge in [0.15, 0.2) is 11.0 Å². The van der Waals surface area contributed by atoms with E-state index in [1.807, 2.05) is 11.5 Å². The highest BCUT2D eigenvalue weighted by Gasteiger charge is 2.34. The lowest BCUT2D eigenvalue weighted by Crippen LogP contribution is -2.28. The molecule has 0 saturated carbocycles. The largest absolute Gasteiger partial charge is 0.316 e. The lowest BCUT2D eigenvalue weighted by molar-refractivity contribution is -0.113. The van der Waals surface area contributed by atoms with Crippen molar-refractivity contribution in [3.8, 4) is 17.5 Å². The molecule has 184 valence electrons. The minimum absolute atomic E-state index is 0.153. The predicted molar refractivity (Wildman–Crippen MR) is 139 cm³/mol. The average molecular weight is 512 g/mol. The van der Waals surface area contributed by atoms with Crippen molar-refractivity contribution in [3.05, 3.63) is 46.1 Å². The van der Waals surface area contributed by atoms with Crippen molar-refractivity contribution in [2.45, 2.75) is 65.1 Å². The maximum Gasteiger partial charge on any atom is 0.235 e. The molecule has 1 atom stereocenters. The molecule has 0 fully saturated rings. The van der Waals surface area contributed by atoms with Crippen LogP contribution in [0.2, 0.25) is 0 Å². The zero-order valence-corrected chi connectivity index (χ0v) is 22.2. The normalized spacial score (nSPS) is 15.5. The fraction of sp³-hybridized carbons (Fsp3) is 0.462. The lowest BCUT2D eigenvalue weighted by Gasteiger charge is -2.36. The molecule has 0 bridgehead atoms. The number of benzene rings is 1. The molecule has 1 N–H and O–H groups in total. The molecule has 1 aliphatic rings. The maximum absolute atomic E-state index is 13.3. The Kier molecular flexibility index (Phi) is 7.62. The molecule has 1 amide bonds. The molecule has 9 heteroatoms. The van der Waals surface area contributed by atoms with Gasteiger partial charge in [-0.3, -0.25) is 4.79 Å². The smallest absolute Gasteiger partial charge is 0.235 e. The zero-order valence-electron chi connectivity index (χ0n) is 20.5. The fourth-order valence-corrected chi connectivity index (χ4v) is 6.63. The van der Waals surface area contributed by atoms with E-state index in [2.05, 4.69) is 42.4 Å². The summed E-state index contributed by atoms with van der Waals surface area (Å²) in [5.74, 6) is 0.891. The molecular weight excluding hydrogens is 481 g/mol. The molecule has 1 aromatic carbocycles. The monoisotopic (exact) mass is 511 g/mol. The Morgan fingerprint density at radius 2 is 2.06 bits per heavy atom.